The molecule has 1 unspecified atom stereocenters. The molecule has 1 aromatic rings. The molecule has 1 saturated carbocycles. The number of nitrogens with one attached hydrogen (secondary N) is 1. The average molecular weight is 331 g/mol. The van der Waals surface area contributed by atoms with Crippen molar-refractivity contribution in [3.8, 4) is 11.5 Å². The van der Waals surface area contributed by atoms with Crippen molar-refractivity contribution in [1.82, 2.24) is 5.48 Å². The van der Waals surface area contributed by atoms with E-state index in [9.17, 15) is 0 Å². The minimum absolute atomic E-state index is 0.0971. The molecule has 4 rings (SSSR count). The van der Waals surface area contributed by atoms with Crippen molar-refractivity contribution in [2.75, 3.05) is 19.8 Å². The smallest absolute Gasteiger partial charge is 0.162 e. The second-order valence-electron chi connectivity index (χ2n) is 7.21. The topological polar surface area (TPSA) is 49.0 Å². The Labute approximate surface area is 142 Å². The molecule has 0 amide bonds. The van der Waals surface area contributed by atoms with Gasteiger partial charge in [-0.3, -0.25) is 10.3 Å². The van der Waals surface area contributed by atoms with Crippen LogP contribution in [-0.4, -0.2) is 31.5 Å². The number of rotatable bonds is 6. The van der Waals surface area contributed by atoms with Gasteiger partial charge < -0.3 is 14.2 Å². The van der Waals surface area contributed by atoms with E-state index >= 15 is 0 Å². The van der Waals surface area contributed by atoms with E-state index in [2.05, 4.69) is 11.6 Å². The third-order valence-corrected chi connectivity index (χ3v) is 4.58. The fourth-order valence-corrected chi connectivity index (χ4v) is 3.01. The Morgan fingerprint density at radius 1 is 1.29 bits per heavy atom. The molecule has 0 aromatic heterocycles. The van der Waals surface area contributed by atoms with Crippen LogP contribution in [0.4, 0.5) is 0 Å². The van der Waals surface area contributed by atoms with Gasteiger partial charge in [-0.15, -0.1) is 0 Å². The number of hydroxylamine groups is 1. The third-order valence-electron chi connectivity index (χ3n) is 4.58. The molecule has 1 spiro atoms. The zero-order valence-corrected chi connectivity index (χ0v) is 14.3. The summed E-state index contributed by atoms with van der Waals surface area (Å²) in [4.78, 5) is 5.77. The van der Waals surface area contributed by atoms with Gasteiger partial charge in [-0.25, -0.2) is 0 Å². The summed E-state index contributed by atoms with van der Waals surface area (Å²) < 4.78 is 17.4. The Hall–Kier alpha value is -1.72. The summed E-state index contributed by atoms with van der Waals surface area (Å²) in [7, 11) is 0. The van der Waals surface area contributed by atoms with Crippen LogP contribution in [0.25, 0.3) is 5.70 Å². The molecule has 1 aromatic carbocycles. The van der Waals surface area contributed by atoms with E-state index in [0.29, 0.717) is 12.5 Å². The van der Waals surface area contributed by atoms with Crippen molar-refractivity contribution < 1.29 is 19.0 Å². The predicted octanol–water partition coefficient (Wildman–Crippen LogP) is 3.30. The zero-order valence-electron chi connectivity index (χ0n) is 14.3. The average Bonchev–Trinajstić information content (AvgIpc) is 3.13. The first-order valence-corrected chi connectivity index (χ1v) is 8.82. The first kappa shape index (κ1) is 15.8. The molecule has 130 valence electrons. The van der Waals surface area contributed by atoms with Gasteiger partial charge in [0.1, 0.15) is 5.60 Å². The Kier molecular flexibility index (Phi) is 4.14. The highest BCUT2D eigenvalue weighted by molar-refractivity contribution is 5.68. The first-order chi connectivity index (χ1) is 11.6. The Bertz CT molecular complexity index is 630. The lowest BCUT2D eigenvalue weighted by molar-refractivity contribution is -0.0373. The summed E-state index contributed by atoms with van der Waals surface area (Å²) in [5.74, 6) is 2.32. The Morgan fingerprint density at radius 3 is 2.88 bits per heavy atom. The van der Waals surface area contributed by atoms with Crippen LogP contribution in [0.15, 0.2) is 24.3 Å². The van der Waals surface area contributed by atoms with Crippen molar-refractivity contribution in [2.24, 2.45) is 5.92 Å². The van der Waals surface area contributed by atoms with Crippen LogP contribution in [-0.2, 0) is 9.57 Å². The molecule has 5 nitrogen and oxygen atoms in total. The van der Waals surface area contributed by atoms with Gasteiger partial charge in [0.05, 0.1) is 25.0 Å². The van der Waals surface area contributed by atoms with E-state index in [1.165, 1.54) is 12.8 Å². The van der Waals surface area contributed by atoms with E-state index in [0.717, 1.165) is 42.4 Å². The first-order valence-electron chi connectivity index (χ1n) is 8.82. The maximum Gasteiger partial charge on any atom is 0.162 e. The molecule has 2 heterocycles. The molecule has 0 bridgehead atoms. The molecule has 1 atom stereocenters. The van der Waals surface area contributed by atoms with E-state index in [4.69, 9.17) is 19.0 Å². The zero-order chi connectivity index (χ0) is 16.6. The predicted molar refractivity (Wildman–Crippen MR) is 90.8 cm³/mol. The van der Waals surface area contributed by atoms with Gasteiger partial charge >= 0.3 is 0 Å². The van der Waals surface area contributed by atoms with Gasteiger partial charge in [0.2, 0.25) is 0 Å². The van der Waals surface area contributed by atoms with Gasteiger partial charge in [-0.2, -0.15) is 0 Å². The minimum Gasteiger partial charge on any atom is -0.489 e. The lowest BCUT2D eigenvalue weighted by Crippen LogP contribution is -2.29. The normalized spacial score (nSPS) is 25.9. The van der Waals surface area contributed by atoms with Crippen molar-refractivity contribution in [1.29, 1.82) is 0 Å². The maximum absolute atomic E-state index is 5.97. The van der Waals surface area contributed by atoms with Crippen LogP contribution in [0.1, 0.15) is 38.7 Å². The second kappa shape index (κ2) is 6.30. The fourth-order valence-electron chi connectivity index (χ4n) is 3.01. The molecule has 1 N–H and O–H groups in total. The lowest BCUT2D eigenvalue weighted by Gasteiger charge is -2.16. The fraction of sp³-hybridized carbons (Fsp3) is 0.579. The van der Waals surface area contributed by atoms with Crippen molar-refractivity contribution in [3.05, 3.63) is 29.8 Å². The molecule has 3 aliphatic rings. The number of hydrogen-bond acceptors (Lipinski definition) is 5. The Morgan fingerprint density at radius 2 is 2.17 bits per heavy atom. The number of benzene rings is 1. The lowest BCUT2D eigenvalue weighted by atomic mass is 10.0. The van der Waals surface area contributed by atoms with E-state index in [1.54, 1.807) is 0 Å². The molecule has 1 aliphatic carbocycles. The van der Waals surface area contributed by atoms with Gasteiger partial charge in [0, 0.05) is 18.6 Å². The van der Waals surface area contributed by atoms with E-state index < -0.39 is 0 Å². The van der Waals surface area contributed by atoms with E-state index in [1.807, 2.05) is 32.0 Å². The number of hydrogen-bond donors (Lipinski definition) is 1. The summed E-state index contributed by atoms with van der Waals surface area (Å²) >= 11 is 0. The SMILES string of the molecule is CC(C)Oc1cc(C2=CC3(CCOC3)ON2)ccc1OCC1CC1. The molecule has 24 heavy (non-hydrogen) atoms. The van der Waals surface area contributed by atoms with E-state index in [-0.39, 0.29) is 11.7 Å². The molecule has 0 radical (unpaired) electrons. The summed E-state index contributed by atoms with van der Waals surface area (Å²) in [6, 6.07) is 6.07. The molecule has 2 aliphatic heterocycles. The standard InChI is InChI=1S/C19H25NO4/c1-13(2)23-18-9-15(5-6-17(18)22-11-14-3-4-14)16-10-19(24-20-16)7-8-21-12-19/h5-6,9-10,13-14,20H,3-4,7-8,11-12H2,1-2H3. The third kappa shape index (κ3) is 3.37. The van der Waals surface area contributed by atoms with Crippen LogP contribution in [0.3, 0.4) is 0 Å². The quantitative estimate of drug-likeness (QED) is 0.867. The van der Waals surface area contributed by atoms with Gasteiger partial charge in [0.15, 0.2) is 11.5 Å². The highest BCUT2D eigenvalue weighted by Crippen LogP contribution is 2.37. The maximum atomic E-state index is 5.97. The second-order valence-corrected chi connectivity index (χ2v) is 7.21. The minimum atomic E-state index is -0.324. The van der Waals surface area contributed by atoms with Crippen LogP contribution < -0.4 is 15.0 Å². The van der Waals surface area contributed by atoms with Gasteiger partial charge in [-0.05, 0) is 56.9 Å². The summed E-state index contributed by atoms with van der Waals surface area (Å²) in [6.07, 6.45) is 5.65. The Balaban J connectivity index is 1.56. The van der Waals surface area contributed by atoms with Crippen LogP contribution in [0.5, 0.6) is 11.5 Å². The molecular formula is C19H25NO4. The summed E-state index contributed by atoms with van der Waals surface area (Å²) in [6.45, 7) is 6.16. The molecular weight excluding hydrogens is 306 g/mol. The van der Waals surface area contributed by atoms with Gasteiger partial charge in [0.25, 0.3) is 0 Å². The molecule has 2 fully saturated rings. The van der Waals surface area contributed by atoms with Crippen molar-refractivity contribution >= 4 is 5.70 Å². The van der Waals surface area contributed by atoms with Crippen molar-refractivity contribution in [3.63, 3.8) is 0 Å². The van der Waals surface area contributed by atoms with Crippen LogP contribution >= 0.6 is 0 Å². The monoisotopic (exact) mass is 331 g/mol. The molecule has 1 saturated heterocycles. The highest BCUT2D eigenvalue weighted by atomic mass is 16.7. The summed E-state index contributed by atoms with van der Waals surface area (Å²) in [5.41, 5.74) is 4.72. The highest BCUT2D eigenvalue weighted by Gasteiger charge is 2.39. The number of ether oxygens (including phenoxy) is 3. The van der Waals surface area contributed by atoms with Crippen LogP contribution in [0.2, 0.25) is 0 Å². The largest absolute Gasteiger partial charge is 0.489 e. The molecule has 5 heteroatoms. The van der Waals surface area contributed by atoms with Crippen molar-refractivity contribution in [2.45, 2.75) is 44.8 Å². The summed E-state index contributed by atoms with van der Waals surface area (Å²) in [5, 5.41) is 0. The van der Waals surface area contributed by atoms with Crippen LogP contribution in [0, 0.1) is 5.92 Å². The van der Waals surface area contributed by atoms with Gasteiger partial charge in [-0.1, -0.05) is 0 Å².